The molecule has 2 rings (SSSR count). The van der Waals surface area contributed by atoms with Crippen molar-refractivity contribution in [2.24, 2.45) is 11.8 Å². The summed E-state index contributed by atoms with van der Waals surface area (Å²) in [4.78, 5) is 0. The summed E-state index contributed by atoms with van der Waals surface area (Å²) in [5.41, 5.74) is 0.847. The number of aliphatic hydroxyl groups excluding tert-OH is 1. The molecule has 1 saturated carbocycles. The summed E-state index contributed by atoms with van der Waals surface area (Å²) < 4.78 is 11.5. The molecule has 0 aliphatic heterocycles. The Morgan fingerprint density at radius 1 is 1.10 bits per heavy atom. The van der Waals surface area contributed by atoms with Crippen LogP contribution in [0.3, 0.4) is 0 Å². The van der Waals surface area contributed by atoms with Crippen molar-refractivity contribution >= 4 is 0 Å². The highest BCUT2D eigenvalue weighted by atomic mass is 16.5. The van der Waals surface area contributed by atoms with E-state index in [9.17, 15) is 5.11 Å². The zero-order valence-corrected chi connectivity index (χ0v) is 12.9. The van der Waals surface area contributed by atoms with Crippen LogP contribution in [-0.2, 0) is 0 Å². The van der Waals surface area contributed by atoms with Gasteiger partial charge in [-0.15, -0.1) is 0 Å². The zero-order valence-electron chi connectivity index (χ0n) is 12.9. The highest BCUT2D eigenvalue weighted by Gasteiger charge is 2.26. The fraction of sp³-hybridized carbons (Fsp3) is 0.647. The van der Waals surface area contributed by atoms with Gasteiger partial charge in [-0.05, 0) is 55.7 Å². The molecule has 1 aromatic rings. The van der Waals surface area contributed by atoms with Crippen molar-refractivity contribution in [3.8, 4) is 11.5 Å². The molecule has 20 heavy (non-hydrogen) atoms. The molecule has 3 atom stereocenters. The van der Waals surface area contributed by atoms with Crippen molar-refractivity contribution in [1.29, 1.82) is 0 Å². The quantitative estimate of drug-likeness (QED) is 0.906. The Balaban J connectivity index is 2.12. The van der Waals surface area contributed by atoms with Crippen LogP contribution in [0.25, 0.3) is 0 Å². The van der Waals surface area contributed by atoms with Crippen LogP contribution >= 0.6 is 0 Å². The summed E-state index contributed by atoms with van der Waals surface area (Å²) in [6.07, 6.45) is 3.27. The predicted molar refractivity (Wildman–Crippen MR) is 80.2 cm³/mol. The van der Waals surface area contributed by atoms with Gasteiger partial charge >= 0.3 is 0 Å². The lowest BCUT2D eigenvalue weighted by Crippen LogP contribution is -2.28. The SMILES string of the molecule is COc1cc(C(C)O)ccc1OC1CC(C)CC(C)C1. The molecule has 0 spiro atoms. The third-order valence-corrected chi connectivity index (χ3v) is 4.10. The number of methoxy groups -OCH3 is 1. The predicted octanol–water partition coefficient (Wildman–Crippen LogP) is 3.95. The van der Waals surface area contributed by atoms with E-state index in [0.29, 0.717) is 17.6 Å². The minimum atomic E-state index is -0.493. The smallest absolute Gasteiger partial charge is 0.161 e. The van der Waals surface area contributed by atoms with E-state index in [-0.39, 0.29) is 6.10 Å². The van der Waals surface area contributed by atoms with Crippen LogP contribution in [0, 0.1) is 11.8 Å². The standard InChI is InChI=1S/C17H26O3/c1-11-7-12(2)9-15(8-11)20-16-6-5-14(13(3)18)10-17(16)19-4/h5-6,10-13,15,18H,7-9H2,1-4H3. The van der Waals surface area contributed by atoms with Gasteiger partial charge < -0.3 is 14.6 Å². The molecule has 0 radical (unpaired) electrons. The molecule has 0 amide bonds. The lowest BCUT2D eigenvalue weighted by molar-refractivity contribution is 0.0978. The third kappa shape index (κ3) is 3.66. The van der Waals surface area contributed by atoms with E-state index >= 15 is 0 Å². The van der Waals surface area contributed by atoms with Crippen molar-refractivity contribution in [2.45, 2.75) is 52.2 Å². The van der Waals surface area contributed by atoms with Crippen LogP contribution < -0.4 is 9.47 Å². The summed E-state index contributed by atoms with van der Waals surface area (Å²) in [5.74, 6) is 2.91. The van der Waals surface area contributed by atoms with Gasteiger partial charge in [0.2, 0.25) is 0 Å². The molecule has 0 saturated heterocycles. The molecule has 3 unspecified atom stereocenters. The second-order valence-electron chi connectivity index (χ2n) is 6.24. The second-order valence-corrected chi connectivity index (χ2v) is 6.24. The number of benzene rings is 1. The molecule has 3 nitrogen and oxygen atoms in total. The summed E-state index contributed by atoms with van der Waals surface area (Å²) in [6, 6.07) is 5.67. The number of ether oxygens (including phenoxy) is 2. The average molecular weight is 278 g/mol. The van der Waals surface area contributed by atoms with Crippen LogP contribution in [0.2, 0.25) is 0 Å². The van der Waals surface area contributed by atoms with Crippen LogP contribution in [0.15, 0.2) is 18.2 Å². The molecule has 112 valence electrons. The minimum absolute atomic E-state index is 0.264. The van der Waals surface area contributed by atoms with Crippen molar-refractivity contribution in [3.05, 3.63) is 23.8 Å². The topological polar surface area (TPSA) is 38.7 Å². The van der Waals surface area contributed by atoms with Crippen LogP contribution in [0.5, 0.6) is 11.5 Å². The highest BCUT2D eigenvalue weighted by Crippen LogP contribution is 2.35. The van der Waals surface area contributed by atoms with Crippen molar-refractivity contribution in [2.75, 3.05) is 7.11 Å². The van der Waals surface area contributed by atoms with Gasteiger partial charge in [0, 0.05) is 0 Å². The monoisotopic (exact) mass is 278 g/mol. The first kappa shape index (κ1) is 15.2. The van der Waals surface area contributed by atoms with Gasteiger partial charge in [-0.3, -0.25) is 0 Å². The Kier molecular flexibility index (Phi) is 4.92. The Bertz CT molecular complexity index is 432. The molecule has 1 N–H and O–H groups in total. The van der Waals surface area contributed by atoms with E-state index in [2.05, 4.69) is 13.8 Å². The van der Waals surface area contributed by atoms with Crippen molar-refractivity contribution in [1.82, 2.24) is 0 Å². The van der Waals surface area contributed by atoms with Gasteiger partial charge in [-0.1, -0.05) is 19.9 Å². The molecule has 1 aromatic carbocycles. The Labute approximate surface area is 121 Å². The molecule has 0 aromatic heterocycles. The third-order valence-electron chi connectivity index (χ3n) is 4.10. The number of hydrogen-bond donors (Lipinski definition) is 1. The summed E-state index contributed by atoms with van der Waals surface area (Å²) in [7, 11) is 1.64. The van der Waals surface area contributed by atoms with Gasteiger partial charge in [0.15, 0.2) is 11.5 Å². The van der Waals surface area contributed by atoms with Crippen LogP contribution in [0.4, 0.5) is 0 Å². The largest absolute Gasteiger partial charge is 0.493 e. The van der Waals surface area contributed by atoms with E-state index in [1.165, 1.54) is 6.42 Å². The molecule has 1 aliphatic rings. The van der Waals surface area contributed by atoms with E-state index in [0.717, 1.165) is 24.2 Å². The van der Waals surface area contributed by atoms with Crippen LogP contribution in [-0.4, -0.2) is 18.3 Å². The first-order chi connectivity index (χ1) is 9.49. The molecule has 1 aliphatic carbocycles. The fourth-order valence-corrected chi connectivity index (χ4v) is 3.19. The maximum absolute atomic E-state index is 9.63. The van der Waals surface area contributed by atoms with Gasteiger partial charge in [0.1, 0.15) is 0 Å². The van der Waals surface area contributed by atoms with Gasteiger partial charge in [-0.25, -0.2) is 0 Å². The lowest BCUT2D eigenvalue weighted by Gasteiger charge is -2.32. The normalized spacial score (nSPS) is 27.9. The summed E-state index contributed by atoms with van der Waals surface area (Å²) >= 11 is 0. The van der Waals surface area contributed by atoms with E-state index in [1.807, 2.05) is 18.2 Å². The van der Waals surface area contributed by atoms with Gasteiger partial charge in [0.05, 0.1) is 19.3 Å². The molecule has 1 fully saturated rings. The lowest BCUT2D eigenvalue weighted by atomic mass is 9.82. The minimum Gasteiger partial charge on any atom is -0.493 e. The maximum atomic E-state index is 9.63. The molecule has 3 heteroatoms. The highest BCUT2D eigenvalue weighted by molar-refractivity contribution is 5.43. The van der Waals surface area contributed by atoms with Crippen molar-refractivity contribution < 1.29 is 14.6 Å². The molecular formula is C17H26O3. The molecule has 0 bridgehead atoms. The second kappa shape index (κ2) is 6.49. The van der Waals surface area contributed by atoms with Gasteiger partial charge in [0.25, 0.3) is 0 Å². The Morgan fingerprint density at radius 3 is 2.30 bits per heavy atom. The fourth-order valence-electron chi connectivity index (χ4n) is 3.19. The Hall–Kier alpha value is -1.22. The van der Waals surface area contributed by atoms with Crippen LogP contribution in [0.1, 0.15) is 51.7 Å². The number of rotatable bonds is 4. The van der Waals surface area contributed by atoms with E-state index in [4.69, 9.17) is 9.47 Å². The average Bonchev–Trinajstić information content (AvgIpc) is 2.37. The number of hydrogen-bond acceptors (Lipinski definition) is 3. The molecule has 0 heterocycles. The van der Waals surface area contributed by atoms with E-state index < -0.39 is 6.10 Å². The first-order valence-electron chi connectivity index (χ1n) is 7.52. The summed E-state index contributed by atoms with van der Waals surface area (Å²) in [5, 5.41) is 9.63. The molecular weight excluding hydrogens is 252 g/mol. The Morgan fingerprint density at radius 2 is 1.75 bits per heavy atom. The van der Waals surface area contributed by atoms with E-state index in [1.54, 1.807) is 14.0 Å². The van der Waals surface area contributed by atoms with Crippen molar-refractivity contribution in [3.63, 3.8) is 0 Å². The van der Waals surface area contributed by atoms with Gasteiger partial charge in [-0.2, -0.15) is 0 Å². The zero-order chi connectivity index (χ0) is 14.7. The maximum Gasteiger partial charge on any atom is 0.161 e. The first-order valence-corrected chi connectivity index (χ1v) is 7.52. The number of aliphatic hydroxyl groups is 1. The summed E-state index contributed by atoms with van der Waals surface area (Å²) in [6.45, 7) is 6.33.